The van der Waals surface area contributed by atoms with E-state index < -0.39 is 11.9 Å². The summed E-state index contributed by atoms with van der Waals surface area (Å²) in [7, 11) is 2.72. The maximum absolute atomic E-state index is 12.3. The highest BCUT2D eigenvalue weighted by Crippen LogP contribution is 2.24. The van der Waals surface area contributed by atoms with Crippen LogP contribution in [-0.2, 0) is 11.3 Å². The van der Waals surface area contributed by atoms with E-state index in [-0.39, 0.29) is 29.7 Å². The van der Waals surface area contributed by atoms with E-state index in [0.29, 0.717) is 0 Å². The number of methoxy groups -OCH3 is 2. The number of anilines is 1. The lowest BCUT2D eigenvalue weighted by Crippen LogP contribution is -2.17. The second kappa shape index (κ2) is 6.52. The minimum Gasteiger partial charge on any atom is -0.480 e. The smallest absolute Gasteiger partial charge is 0.325 e. The van der Waals surface area contributed by atoms with Gasteiger partial charge in [0.25, 0.3) is 5.91 Å². The number of rotatable bonds is 6. The lowest BCUT2D eigenvalue weighted by molar-refractivity contribution is -0.137. The average Bonchev–Trinajstić information content (AvgIpc) is 2.92. The lowest BCUT2D eigenvalue weighted by Gasteiger charge is -2.09. The predicted octanol–water partition coefficient (Wildman–Crippen LogP) is 0.0272. The number of carbonyl (C=O) groups excluding carboxylic acids is 1. The van der Waals surface area contributed by atoms with Crippen LogP contribution in [0.4, 0.5) is 5.82 Å². The Balaban J connectivity index is 2.22. The SMILES string of the molecule is COc1ncnc(OC)c1C(=O)Nc1ccn(CC(=O)O)n1. The van der Waals surface area contributed by atoms with Gasteiger partial charge in [-0.15, -0.1) is 0 Å². The van der Waals surface area contributed by atoms with Gasteiger partial charge in [-0.05, 0) is 0 Å². The second-order valence-electron chi connectivity index (χ2n) is 4.01. The molecular formula is C12H13N5O5. The normalized spacial score (nSPS) is 10.1. The van der Waals surface area contributed by atoms with Crippen molar-refractivity contribution in [3.8, 4) is 11.8 Å². The highest BCUT2D eigenvalue weighted by Gasteiger charge is 2.21. The fraction of sp³-hybridized carbons (Fsp3) is 0.250. The van der Waals surface area contributed by atoms with Crippen LogP contribution in [0.3, 0.4) is 0 Å². The highest BCUT2D eigenvalue weighted by atomic mass is 16.5. The van der Waals surface area contributed by atoms with Gasteiger partial charge in [-0.1, -0.05) is 0 Å². The molecule has 0 aliphatic carbocycles. The molecule has 2 heterocycles. The molecule has 0 unspecified atom stereocenters. The third kappa shape index (κ3) is 3.29. The summed E-state index contributed by atoms with van der Waals surface area (Å²) in [5.74, 6) is -1.35. The molecule has 0 saturated heterocycles. The number of carbonyl (C=O) groups is 2. The van der Waals surface area contributed by atoms with Crippen LogP contribution in [0.15, 0.2) is 18.6 Å². The van der Waals surface area contributed by atoms with Crippen molar-refractivity contribution in [3.63, 3.8) is 0 Å². The average molecular weight is 307 g/mol. The molecule has 22 heavy (non-hydrogen) atoms. The number of aromatic nitrogens is 4. The third-order valence-corrected chi connectivity index (χ3v) is 2.57. The molecule has 2 rings (SSSR count). The first-order valence-electron chi connectivity index (χ1n) is 6.04. The molecule has 2 aromatic heterocycles. The Labute approximate surface area is 124 Å². The Morgan fingerprint density at radius 2 is 1.91 bits per heavy atom. The highest BCUT2D eigenvalue weighted by molar-refractivity contribution is 6.07. The minimum absolute atomic E-state index is 0.0142. The van der Waals surface area contributed by atoms with Crippen molar-refractivity contribution in [3.05, 3.63) is 24.2 Å². The molecular weight excluding hydrogens is 294 g/mol. The van der Waals surface area contributed by atoms with E-state index >= 15 is 0 Å². The van der Waals surface area contributed by atoms with E-state index in [0.717, 1.165) is 0 Å². The van der Waals surface area contributed by atoms with Crippen LogP contribution in [0.1, 0.15) is 10.4 Å². The standard InChI is InChI=1S/C12H13N5O5/c1-21-11-9(12(22-2)14-6-13-11)10(20)15-7-3-4-17(16-7)5-8(18)19/h3-4,6H,5H2,1-2H3,(H,18,19)(H,15,16,20). The molecule has 0 aromatic carbocycles. The van der Waals surface area contributed by atoms with Crippen molar-refractivity contribution in [2.75, 3.05) is 19.5 Å². The van der Waals surface area contributed by atoms with Gasteiger partial charge < -0.3 is 19.9 Å². The summed E-state index contributed by atoms with van der Waals surface area (Å²) in [6.07, 6.45) is 2.63. The van der Waals surface area contributed by atoms with E-state index in [1.54, 1.807) is 0 Å². The van der Waals surface area contributed by atoms with Crippen molar-refractivity contribution in [2.24, 2.45) is 0 Å². The number of aliphatic carboxylic acids is 1. The molecule has 0 bridgehead atoms. The number of carboxylic acid groups (broad SMARTS) is 1. The van der Waals surface area contributed by atoms with Gasteiger partial charge in [0.15, 0.2) is 11.4 Å². The van der Waals surface area contributed by atoms with Crippen LogP contribution in [-0.4, -0.2) is 51.0 Å². The second-order valence-corrected chi connectivity index (χ2v) is 4.01. The molecule has 0 atom stereocenters. The maximum atomic E-state index is 12.3. The third-order valence-electron chi connectivity index (χ3n) is 2.57. The van der Waals surface area contributed by atoms with Crippen molar-refractivity contribution < 1.29 is 24.2 Å². The maximum Gasteiger partial charge on any atom is 0.325 e. The number of amides is 1. The molecule has 10 nitrogen and oxygen atoms in total. The van der Waals surface area contributed by atoms with Crippen LogP contribution in [0.25, 0.3) is 0 Å². The van der Waals surface area contributed by atoms with Gasteiger partial charge >= 0.3 is 5.97 Å². The zero-order valence-corrected chi connectivity index (χ0v) is 11.8. The zero-order valence-electron chi connectivity index (χ0n) is 11.8. The molecule has 116 valence electrons. The summed E-state index contributed by atoms with van der Waals surface area (Å²) in [6.45, 7) is -0.309. The van der Waals surface area contributed by atoms with Gasteiger partial charge in [0.2, 0.25) is 11.8 Å². The van der Waals surface area contributed by atoms with Gasteiger partial charge in [0.05, 0.1) is 14.2 Å². The number of nitrogens with zero attached hydrogens (tertiary/aromatic N) is 4. The molecule has 0 fully saturated rings. The predicted molar refractivity (Wildman–Crippen MR) is 73.0 cm³/mol. The van der Waals surface area contributed by atoms with Gasteiger partial charge in [0, 0.05) is 12.3 Å². The first-order chi connectivity index (χ1) is 10.5. The molecule has 10 heteroatoms. The van der Waals surface area contributed by atoms with Crippen LogP contribution in [0, 0.1) is 0 Å². The van der Waals surface area contributed by atoms with Crippen LogP contribution in [0.2, 0.25) is 0 Å². The van der Waals surface area contributed by atoms with E-state index in [4.69, 9.17) is 14.6 Å². The van der Waals surface area contributed by atoms with Crippen molar-refractivity contribution in [1.82, 2.24) is 19.7 Å². The largest absolute Gasteiger partial charge is 0.480 e. The van der Waals surface area contributed by atoms with E-state index in [1.165, 1.54) is 37.5 Å². The first kappa shape index (κ1) is 15.2. The molecule has 0 aliphatic heterocycles. The number of carboxylic acids is 1. The molecule has 0 radical (unpaired) electrons. The Morgan fingerprint density at radius 1 is 1.27 bits per heavy atom. The van der Waals surface area contributed by atoms with Crippen LogP contribution >= 0.6 is 0 Å². The Kier molecular flexibility index (Phi) is 4.51. The molecule has 0 spiro atoms. The Hall–Kier alpha value is -3.17. The monoisotopic (exact) mass is 307 g/mol. The molecule has 1 amide bonds. The topological polar surface area (TPSA) is 128 Å². The zero-order chi connectivity index (χ0) is 16.1. The summed E-state index contributed by atoms with van der Waals surface area (Å²) in [5, 5.41) is 15.1. The van der Waals surface area contributed by atoms with E-state index in [1.807, 2.05) is 0 Å². The molecule has 0 saturated carbocycles. The summed E-state index contributed by atoms with van der Waals surface area (Å²) in [6, 6.07) is 1.46. The van der Waals surface area contributed by atoms with Gasteiger partial charge in [-0.25, -0.2) is 9.97 Å². The Morgan fingerprint density at radius 3 is 2.45 bits per heavy atom. The van der Waals surface area contributed by atoms with Gasteiger partial charge in [-0.2, -0.15) is 5.10 Å². The minimum atomic E-state index is -1.04. The Bertz CT molecular complexity index is 677. The fourth-order valence-corrected chi connectivity index (χ4v) is 1.69. The van der Waals surface area contributed by atoms with Crippen molar-refractivity contribution in [1.29, 1.82) is 0 Å². The van der Waals surface area contributed by atoms with E-state index in [2.05, 4.69) is 20.4 Å². The fourth-order valence-electron chi connectivity index (χ4n) is 1.69. The summed E-state index contributed by atoms with van der Waals surface area (Å²) in [4.78, 5) is 30.6. The van der Waals surface area contributed by atoms with E-state index in [9.17, 15) is 9.59 Å². The number of nitrogens with one attached hydrogen (secondary N) is 1. The van der Waals surface area contributed by atoms with Gasteiger partial charge in [-0.3, -0.25) is 14.3 Å². The number of ether oxygens (including phenoxy) is 2. The van der Waals surface area contributed by atoms with Crippen molar-refractivity contribution >= 4 is 17.7 Å². The summed E-state index contributed by atoms with van der Waals surface area (Å²) in [5.41, 5.74) is 0.0142. The summed E-state index contributed by atoms with van der Waals surface area (Å²) < 4.78 is 11.2. The quantitative estimate of drug-likeness (QED) is 0.764. The summed E-state index contributed by atoms with van der Waals surface area (Å²) >= 11 is 0. The molecule has 2 aromatic rings. The van der Waals surface area contributed by atoms with Crippen LogP contribution < -0.4 is 14.8 Å². The van der Waals surface area contributed by atoms with Crippen molar-refractivity contribution in [2.45, 2.75) is 6.54 Å². The molecule has 0 aliphatic rings. The number of hydrogen-bond acceptors (Lipinski definition) is 7. The number of hydrogen-bond donors (Lipinski definition) is 2. The first-order valence-corrected chi connectivity index (χ1v) is 6.04. The molecule has 2 N–H and O–H groups in total. The van der Waals surface area contributed by atoms with Gasteiger partial charge in [0.1, 0.15) is 12.9 Å². The lowest BCUT2D eigenvalue weighted by atomic mass is 10.3. The van der Waals surface area contributed by atoms with Crippen LogP contribution in [0.5, 0.6) is 11.8 Å².